The van der Waals surface area contributed by atoms with Crippen LogP contribution >= 0.6 is 46.6 Å². The second-order valence-corrected chi connectivity index (χ2v) is 6.49. The molecule has 0 bridgehead atoms. The van der Waals surface area contributed by atoms with E-state index >= 15 is 0 Å². The topological polar surface area (TPSA) is 16.1 Å². The SMILES string of the molecule is CCC1CN(c2nc(Cl)c(Cl)cc2Cl)CCS1. The van der Waals surface area contributed by atoms with E-state index < -0.39 is 0 Å². The summed E-state index contributed by atoms with van der Waals surface area (Å²) in [6.45, 7) is 4.11. The summed E-state index contributed by atoms with van der Waals surface area (Å²) < 4.78 is 0. The van der Waals surface area contributed by atoms with Crippen LogP contribution < -0.4 is 4.90 Å². The van der Waals surface area contributed by atoms with Gasteiger partial charge in [-0.05, 0) is 12.5 Å². The lowest BCUT2D eigenvalue weighted by molar-refractivity contribution is 0.720. The summed E-state index contributed by atoms with van der Waals surface area (Å²) >= 11 is 20.0. The molecule has 0 aromatic carbocycles. The number of aromatic nitrogens is 1. The molecule has 1 aromatic rings. The first kappa shape index (κ1) is 13.6. The normalized spacial score (nSPS) is 20.7. The Morgan fingerprint density at radius 3 is 2.88 bits per heavy atom. The number of pyridine rings is 1. The maximum Gasteiger partial charge on any atom is 0.150 e. The predicted octanol–water partition coefficient (Wildman–Crippen LogP) is 4.37. The highest BCUT2D eigenvalue weighted by Crippen LogP contribution is 2.33. The van der Waals surface area contributed by atoms with Crippen LogP contribution in [0.1, 0.15) is 13.3 Å². The summed E-state index contributed by atoms with van der Waals surface area (Å²) in [4.78, 5) is 6.47. The van der Waals surface area contributed by atoms with Crippen molar-refractivity contribution in [2.75, 3.05) is 23.7 Å². The van der Waals surface area contributed by atoms with E-state index in [0.29, 0.717) is 20.4 Å². The molecule has 2 heterocycles. The van der Waals surface area contributed by atoms with Crippen molar-refractivity contribution < 1.29 is 0 Å². The monoisotopic (exact) mass is 310 g/mol. The van der Waals surface area contributed by atoms with Crippen molar-refractivity contribution in [1.29, 1.82) is 0 Å². The Bertz CT molecular complexity index is 414. The lowest BCUT2D eigenvalue weighted by atomic mass is 10.3. The zero-order chi connectivity index (χ0) is 12.4. The number of anilines is 1. The number of hydrogen-bond donors (Lipinski definition) is 0. The van der Waals surface area contributed by atoms with E-state index in [1.807, 2.05) is 11.8 Å². The van der Waals surface area contributed by atoms with Gasteiger partial charge in [-0.1, -0.05) is 41.7 Å². The van der Waals surface area contributed by atoms with Crippen LogP contribution in [0.4, 0.5) is 5.82 Å². The Labute approximate surface area is 121 Å². The smallest absolute Gasteiger partial charge is 0.150 e. The van der Waals surface area contributed by atoms with E-state index in [-0.39, 0.29) is 0 Å². The third kappa shape index (κ3) is 3.14. The molecule has 1 aromatic heterocycles. The average molecular weight is 312 g/mol. The highest BCUT2D eigenvalue weighted by molar-refractivity contribution is 8.00. The van der Waals surface area contributed by atoms with Gasteiger partial charge in [0.1, 0.15) is 11.0 Å². The van der Waals surface area contributed by atoms with Crippen LogP contribution in [0.2, 0.25) is 15.2 Å². The minimum atomic E-state index is 0.317. The lowest BCUT2D eigenvalue weighted by Crippen LogP contribution is -2.38. The Morgan fingerprint density at radius 1 is 1.41 bits per heavy atom. The Morgan fingerprint density at radius 2 is 2.18 bits per heavy atom. The number of rotatable bonds is 2. The second-order valence-electron chi connectivity index (χ2n) is 3.91. The molecule has 94 valence electrons. The molecule has 17 heavy (non-hydrogen) atoms. The molecule has 0 radical (unpaired) electrons. The fourth-order valence-corrected chi connectivity index (χ4v) is 3.61. The van der Waals surface area contributed by atoms with Crippen molar-refractivity contribution in [3.8, 4) is 0 Å². The Balaban J connectivity index is 2.24. The highest BCUT2D eigenvalue weighted by atomic mass is 35.5. The van der Waals surface area contributed by atoms with Crippen LogP contribution in [0.5, 0.6) is 0 Å². The van der Waals surface area contributed by atoms with E-state index in [0.717, 1.165) is 31.1 Å². The van der Waals surface area contributed by atoms with Crippen LogP contribution in [-0.4, -0.2) is 29.1 Å². The van der Waals surface area contributed by atoms with Crippen LogP contribution in [0, 0.1) is 0 Å². The summed E-state index contributed by atoms with van der Waals surface area (Å²) in [5.41, 5.74) is 0. The minimum Gasteiger partial charge on any atom is -0.353 e. The largest absolute Gasteiger partial charge is 0.353 e. The van der Waals surface area contributed by atoms with E-state index in [4.69, 9.17) is 34.8 Å². The molecule has 1 aliphatic heterocycles. The van der Waals surface area contributed by atoms with Crippen molar-refractivity contribution in [3.63, 3.8) is 0 Å². The molecular formula is C11H13Cl3N2S. The van der Waals surface area contributed by atoms with Gasteiger partial charge in [0.25, 0.3) is 0 Å². The number of hydrogen-bond acceptors (Lipinski definition) is 3. The van der Waals surface area contributed by atoms with Gasteiger partial charge in [-0.3, -0.25) is 0 Å². The maximum atomic E-state index is 6.17. The van der Waals surface area contributed by atoms with Crippen molar-refractivity contribution in [2.45, 2.75) is 18.6 Å². The lowest BCUT2D eigenvalue weighted by Gasteiger charge is -2.33. The molecule has 0 N–H and O–H groups in total. The molecule has 0 aliphatic carbocycles. The first-order chi connectivity index (χ1) is 8.11. The summed E-state index contributed by atoms with van der Waals surface area (Å²) in [6.07, 6.45) is 1.15. The zero-order valence-electron chi connectivity index (χ0n) is 9.42. The molecule has 1 fully saturated rings. The molecule has 6 heteroatoms. The van der Waals surface area contributed by atoms with Crippen molar-refractivity contribution in [1.82, 2.24) is 4.98 Å². The molecule has 0 spiro atoms. The fourth-order valence-electron chi connectivity index (χ4n) is 1.82. The van der Waals surface area contributed by atoms with Gasteiger partial charge in [-0.2, -0.15) is 11.8 Å². The van der Waals surface area contributed by atoms with Crippen LogP contribution in [0.3, 0.4) is 0 Å². The molecule has 1 saturated heterocycles. The molecular weight excluding hydrogens is 299 g/mol. The standard InChI is InChI=1S/C11H13Cl3N2S/c1-2-7-6-16(3-4-17-7)11-9(13)5-8(12)10(14)15-11/h5,7H,2-4,6H2,1H3. The van der Waals surface area contributed by atoms with Gasteiger partial charge in [0.05, 0.1) is 10.0 Å². The van der Waals surface area contributed by atoms with E-state index in [1.54, 1.807) is 6.07 Å². The summed E-state index contributed by atoms with van der Waals surface area (Å²) in [5.74, 6) is 1.84. The van der Waals surface area contributed by atoms with Gasteiger partial charge in [0, 0.05) is 24.1 Å². The predicted molar refractivity (Wildman–Crippen MR) is 78.0 cm³/mol. The number of nitrogens with zero attached hydrogens (tertiary/aromatic N) is 2. The Kier molecular flexibility index (Phi) is 4.70. The average Bonchev–Trinajstić information content (AvgIpc) is 2.34. The van der Waals surface area contributed by atoms with Gasteiger partial charge in [-0.15, -0.1) is 0 Å². The second kappa shape index (κ2) is 5.87. The van der Waals surface area contributed by atoms with Crippen LogP contribution in [0.15, 0.2) is 6.07 Å². The van der Waals surface area contributed by atoms with E-state index in [1.165, 1.54) is 0 Å². The highest BCUT2D eigenvalue weighted by Gasteiger charge is 2.22. The molecule has 1 atom stereocenters. The van der Waals surface area contributed by atoms with E-state index in [9.17, 15) is 0 Å². The minimum absolute atomic E-state index is 0.317. The van der Waals surface area contributed by atoms with Gasteiger partial charge < -0.3 is 4.90 Å². The van der Waals surface area contributed by atoms with Gasteiger partial charge in [0.2, 0.25) is 0 Å². The number of halogens is 3. The van der Waals surface area contributed by atoms with Crippen LogP contribution in [0.25, 0.3) is 0 Å². The Hall–Kier alpha value is 0.170. The molecule has 1 aliphatic rings. The molecule has 0 saturated carbocycles. The fraction of sp³-hybridized carbons (Fsp3) is 0.545. The summed E-state index contributed by atoms with van der Waals surface area (Å²) in [6, 6.07) is 1.66. The quantitative estimate of drug-likeness (QED) is 0.754. The van der Waals surface area contributed by atoms with Gasteiger partial charge in [0.15, 0.2) is 0 Å². The van der Waals surface area contributed by atoms with Crippen LogP contribution in [-0.2, 0) is 0 Å². The van der Waals surface area contributed by atoms with Gasteiger partial charge in [-0.25, -0.2) is 4.98 Å². The molecule has 0 amide bonds. The molecule has 1 unspecified atom stereocenters. The maximum absolute atomic E-state index is 6.17. The zero-order valence-corrected chi connectivity index (χ0v) is 12.5. The molecule has 2 nitrogen and oxygen atoms in total. The van der Waals surface area contributed by atoms with Gasteiger partial charge >= 0.3 is 0 Å². The first-order valence-corrected chi connectivity index (χ1v) is 7.68. The van der Waals surface area contributed by atoms with Crippen molar-refractivity contribution in [2.24, 2.45) is 0 Å². The first-order valence-electron chi connectivity index (χ1n) is 5.50. The van der Waals surface area contributed by atoms with Crippen molar-refractivity contribution >= 4 is 52.4 Å². The summed E-state index contributed by atoms with van der Waals surface area (Å²) in [7, 11) is 0. The number of thioether (sulfide) groups is 1. The van der Waals surface area contributed by atoms with Crippen molar-refractivity contribution in [3.05, 3.63) is 21.3 Å². The third-order valence-electron chi connectivity index (χ3n) is 2.76. The molecule has 2 rings (SSSR count). The third-order valence-corrected chi connectivity index (χ3v) is 5.09. The summed E-state index contributed by atoms with van der Waals surface area (Å²) in [5, 5.41) is 1.92. The van der Waals surface area contributed by atoms with E-state index in [2.05, 4.69) is 16.8 Å².